The van der Waals surface area contributed by atoms with Gasteiger partial charge in [0.15, 0.2) is 0 Å². The molecule has 2 N–H and O–H groups in total. The quantitative estimate of drug-likeness (QED) is 0.816. The number of morpholine rings is 1. The van der Waals surface area contributed by atoms with Crippen LogP contribution in [0.2, 0.25) is 0 Å². The van der Waals surface area contributed by atoms with E-state index in [2.05, 4.69) is 21.6 Å². The van der Waals surface area contributed by atoms with Gasteiger partial charge < -0.3 is 15.4 Å². The second kappa shape index (κ2) is 7.99. The van der Waals surface area contributed by atoms with Gasteiger partial charge in [-0.25, -0.2) is 0 Å². The maximum Gasteiger partial charge on any atom is 0.225 e. The molecule has 1 aromatic carbocycles. The Morgan fingerprint density at radius 1 is 1.30 bits per heavy atom. The lowest BCUT2D eigenvalue weighted by Gasteiger charge is -2.27. The van der Waals surface area contributed by atoms with Crippen molar-refractivity contribution in [1.29, 1.82) is 0 Å². The monoisotopic (exact) mass is 277 g/mol. The second-order valence-corrected chi connectivity index (χ2v) is 4.95. The van der Waals surface area contributed by atoms with Crippen LogP contribution in [0.15, 0.2) is 24.3 Å². The molecule has 1 amide bonds. The fraction of sp³-hybridized carbons (Fsp3) is 0.533. The first kappa shape index (κ1) is 15.0. The Balaban J connectivity index is 1.96. The Kier molecular flexibility index (Phi) is 5.98. The maximum atomic E-state index is 11.8. The van der Waals surface area contributed by atoms with Crippen LogP contribution in [-0.2, 0) is 16.1 Å². The van der Waals surface area contributed by atoms with Crippen LogP contribution < -0.4 is 10.6 Å². The Hall–Kier alpha value is -1.43. The van der Waals surface area contributed by atoms with Gasteiger partial charge in [0.05, 0.1) is 13.2 Å². The molecule has 1 saturated heterocycles. The van der Waals surface area contributed by atoms with Gasteiger partial charge in [-0.3, -0.25) is 9.69 Å². The number of anilines is 1. The summed E-state index contributed by atoms with van der Waals surface area (Å²) in [4.78, 5) is 14.2. The maximum absolute atomic E-state index is 11.8. The standard InChI is InChI=1S/C15H23N3O2/c1-16-7-6-15(19)17-14-5-3-2-4-13(14)12-18-8-10-20-11-9-18/h2-5,16H,6-12H2,1H3,(H,17,19). The number of nitrogens with one attached hydrogen (secondary N) is 2. The lowest BCUT2D eigenvalue weighted by Crippen LogP contribution is -2.35. The van der Waals surface area contributed by atoms with Crippen molar-refractivity contribution in [2.45, 2.75) is 13.0 Å². The van der Waals surface area contributed by atoms with Crippen LogP contribution in [0.5, 0.6) is 0 Å². The molecule has 1 aliphatic rings. The molecule has 0 aromatic heterocycles. The summed E-state index contributed by atoms with van der Waals surface area (Å²) >= 11 is 0. The zero-order valence-electron chi connectivity index (χ0n) is 12.0. The number of hydrogen-bond donors (Lipinski definition) is 2. The fourth-order valence-corrected chi connectivity index (χ4v) is 2.23. The van der Waals surface area contributed by atoms with E-state index >= 15 is 0 Å². The first-order valence-corrected chi connectivity index (χ1v) is 7.12. The molecule has 0 aliphatic carbocycles. The molecule has 0 saturated carbocycles. The van der Waals surface area contributed by atoms with Gasteiger partial charge in [-0.05, 0) is 18.7 Å². The lowest BCUT2D eigenvalue weighted by atomic mass is 10.1. The first-order chi connectivity index (χ1) is 9.79. The van der Waals surface area contributed by atoms with E-state index in [0.29, 0.717) is 13.0 Å². The average Bonchev–Trinajstić information content (AvgIpc) is 2.48. The molecule has 0 spiro atoms. The molecular weight excluding hydrogens is 254 g/mol. The van der Waals surface area contributed by atoms with Crippen molar-refractivity contribution in [3.8, 4) is 0 Å². The predicted molar refractivity (Wildman–Crippen MR) is 79.7 cm³/mol. The molecule has 2 rings (SSSR count). The number of benzene rings is 1. The minimum Gasteiger partial charge on any atom is -0.379 e. The van der Waals surface area contributed by atoms with Gasteiger partial charge in [-0.2, -0.15) is 0 Å². The zero-order valence-corrected chi connectivity index (χ0v) is 12.0. The summed E-state index contributed by atoms with van der Waals surface area (Å²) in [6, 6.07) is 8.01. The molecule has 0 bridgehead atoms. The van der Waals surface area contributed by atoms with Gasteiger partial charge >= 0.3 is 0 Å². The van der Waals surface area contributed by atoms with Gasteiger partial charge in [-0.15, -0.1) is 0 Å². The van der Waals surface area contributed by atoms with Crippen molar-refractivity contribution in [3.05, 3.63) is 29.8 Å². The number of carbonyl (C=O) groups is 1. The summed E-state index contributed by atoms with van der Waals surface area (Å²) in [6.45, 7) is 5.01. The molecule has 0 radical (unpaired) electrons. The normalized spacial score (nSPS) is 16.1. The van der Waals surface area contributed by atoms with Crippen molar-refractivity contribution in [2.24, 2.45) is 0 Å². The van der Waals surface area contributed by atoms with E-state index in [1.165, 1.54) is 0 Å². The first-order valence-electron chi connectivity index (χ1n) is 7.12. The highest BCUT2D eigenvalue weighted by Crippen LogP contribution is 2.18. The van der Waals surface area contributed by atoms with E-state index in [4.69, 9.17) is 4.74 Å². The highest BCUT2D eigenvalue weighted by Gasteiger charge is 2.13. The molecule has 1 aliphatic heterocycles. The van der Waals surface area contributed by atoms with Crippen LogP contribution in [-0.4, -0.2) is 50.7 Å². The third kappa shape index (κ3) is 4.59. The summed E-state index contributed by atoms with van der Waals surface area (Å²) in [5.74, 6) is 0.0498. The minimum absolute atomic E-state index is 0.0498. The van der Waals surface area contributed by atoms with Crippen LogP contribution in [0.25, 0.3) is 0 Å². The number of para-hydroxylation sites is 1. The third-order valence-electron chi connectivity index (χ3n) is 3.39. The van der Waals surface area contributed by atoms with Crippen LogP contribution in [0, 0.1) is 0 Å². The Morgan fingerprint density at radius 3 is 2.80 bits per heavy atom. The number of ether oxygens (including phenoxy) is 1. The van der Waals surface area contributed by atoms with Crippen molar-refractivity contribution < 1.29 is 9.53 Å². The zero-order chi connectivity index (χ0) is 14.2. The third-order valence-corrected chi connectivity index (χ3v) is 3.39. The summed E-state index contributed by atoms with van der Waals surface area (Å²) in [5, 5.41) is 5.98. The van der Waals surface area contributed by atoms with Gasteiger partial charge in [0.1, 0.15) is 0 Å². The predicted octanol–water partition coefficient (Wildman–Crippen LogP) is 1.07. The largest absolute Gasteiger partial charge is 0.379 e. The van der Waals surface area contributed by atoms with Crippen molar-refractivity contribution in [2.75, 3.05) is 45.2 Å². The van der Waals surface area contributed by atoms with Gasteiger partial charge in [0.25, 0.3) is 0 Å². The minimum atomic E-state index is 0.0498. The smallest absolute Gasteiger partial charge is 0.225 e. The van der Waals surface area contributed by atoms with Crippen molar-refractivity contribution in [1.82, 2.24) is 10.2 Å². The van der Waals surface area contributed by atoms with E-state index in [0.717, 1.165) is 44.1 Å². The summed E-state index contributed by atoms with van der Waals surface area (Å²) in [5.41, 5.74) is 2.08. The van der Waals surface area contributed by atoms with E-state index in [1.54, 1.807) is 0 Å². The molecule has 110 valence electrons. The van der Waals surface area contributed by atoms with Gasteiger partial charge in [0.2, 0.25) is 5.91 Å². The SMILES string of the molecule is CNCCC(=O)Nc1ccccc1CN1CCOCC1. The van der Waals surface area contributed by atoms with E-state index < -0.39 is 0 Å². The fourth-order valence-electron chi connectivity index (χ4n) is 2.23. The van der Waals surface area contributed by atoms with Crippen LogP contribution in [0.1, 0.15) is 12.0 Å². The van der Waals surface area contributed by atoms with Crippen LogP contribution in [0.3, 0.4) is 0 Å². The van der Waals surface area contributed by atoms with E-state index in [-0.39, 0.29) is 5.91 Å². The molecule has 1 fully saturated rings. The molecule has 0 unspecified atom stereocenters. The molecule has 1 heterocycles. The van der Waals surface area contributed by atoms with Crippen LogP contribution >= 0.6 is 0 Å². The van der Waals surface area contributed by atoms with Gasteiger partial charge in [0, 0.05) is 38.3 Å². The summed E-state index contributed by atoms with van der Waals surface area (Å²) in [7, 11) is 1.85. The Labute approximate surface area is 120 Å². The molecular formula is C15H23N3O2. The molecule has 5 heteroatoms. The number of rotatable bonds is 6. The molecule has 0 atom stereocenters. The summed E-state index contributed by atoms with van der Waals surface area (Å²) < 4.78 is 5.36. The summed E-state index contributed by atoms with van der Waals surface area (Å²) in [6.07, 6.45) is 0.488. The highest BCUT2D eigenvalue weighted by atomic mass is 16.5. The number of hydrogen-bond acceptors (Lipinski definition) is 4. The number of amides is 1. The topological polar surface area (TPSA) is 53.6 Å². The van der Waals surface area contributed by atoms with Gasteiger partial charge in [-0.1, -0.05) is 18.2 Å². The molecule has 20 heavy (non-hydrogen) atoms. The highest BCUT2D eigenvalue weighted by molar-refractivity contribution is 5.91. The molecule has 1 aromatic rings. The van der Waals surface area contributed by atoms with Crippen molar-refractivity contribution in [3.63, 3.8) is 0 Å². The lowest BCUT2D eigenvalue weighted by molar-refractivity contribution is -0.116. The molecule has 5 nitrogen and oxygen atoms in total. The Bertz CT molecular complexity index is 431. The average molecular weight is 277 g/mol. The number of nitrogens with zero attached hydrogens (tertiary/aromatic N) is 1. The second-order valence-electron chi connectivity index (χ2n) is 4.95. The van der Waals surface area contributed by atoms with E-state index in [9.17, 15) is 4.79 Å². The Morgan fingerprint density at radius 2 is 2.05 bits per heavy atom. The number of carbonyl (C=O) groups excluding carboxylic acids is 1. The van der Waals surface area contributed by atoms with Crippen molar-refractivity contribution >= 4 is 11.6 Å². The van der Waals surface area contributed by atoms with E-state index in [1.807, 2.05) is 25.2 Å². The van der Waals surface area contributed by atoms with Crippen LogP contribution in [0.4, 0.5) is 5.69 Å².